The molecule has 2 aromatic rings. The Morgan fingerprint density at radius 2 is 1.38 bits per heavy atom. The van der Waals surface area contributed by atoms with E-state index in [1.54, 1.807) is 12.2 Å². The average Bonchev–Trinajstić information content (AvgIpc) is 3.30. The van der Waals surface area contributed by atoms with Gasteiger partial charge in [0.1, 0.15) is 0 Å². The summed E-state index contributed by atoms with van der Waals surface area (Å²) in [4.78, 5) is 22.9. The van der Waals surface area contributed by atoms with Gasteiger partial charge in [0, 0.05) is 37.6 Å². The molecule has 1 N–H and O–H groups in total. The van der Waals surface area contributed by atoms with Gasteiger partial charge in [-0.25, -0.2) is 10.2 Å². The minimum Gasteiger partial charge on any atom is -0.378 e. The number of thiocarbonyl (C=S) groups is 1. The van der Waals surface area contributed by atoms with Crippen LogP contribution < -0.4 is 9.80 Å². The summed E-state index contributed by atoms with van der Waals surface area (Å²) in [6, 6.07) is 17.2. The van der Waals surface area contributed by atoms with Crippen LogP contribution in [0.5, 0.6) is 0 Å². The molecule has 0 bridgehead atoms. The van der Waals surface area contributed by atoms with Crippen LogP contribution >= 0.6 is 24.0 Å². The fourth-order valence-electron chi connectivity index (χ4n) is 4.74. The molecule has 3 fully saturated rings. The molecule has 2 aromatic carbocycles. The largest absolute Gasteiger partial charge is 0.378 e. The highest BCUT2D eigenvalue weighted by Crippen LogP contribution is 2.33. The second-order valence-corrected chi connectivity index (χ2v) is 11.0. The van der Waals surface area contributed by atoms with Crippen molar-refractivity contribution in [3.8, 4) is 0 Å². The molecule has 0 radical (unpaired) electrons. The van der Waals surface area contributed by atoms with Crippen molar-refractivity contribution >= 4 is 51.2 Å². The zero-order valence-corrected chi connectivity index (χ0v) is 23.7. The Balaban J connectivity index is 1.40. The highest BCUT2D eigenvalue weighted by atomic mass is 32.2. The van der Waals surface area contributed by atoms with E-state index in [0.717, 1.165) is 86.0 Å². The number of carbonyl (C=O) groups is 1. The number of allylic oxidation sites excluding steroid dienone is 4. The number of amides is 1. The number of morpholine rings is 2. The van der Waals surface area contributed by atoms with Crippen LogP contribution in [0.1, 0.15) is 11.1 Å². The molecule has 10 heteroatoms. The lowest BCUT2D eigenvalue weighted by molar-refractivity contribution is -0.217. The van der Waals surface area contributed by atoms with E-state index >= 15 is 0 Å². The number of rotatable bonds is 8. The summed E-state index contributed by atoms with van der Waals surface area (Å²) in [5.41, 5.74) is 5.59. The van der Waals surface area contributed by atoms with Crippen LogP contribution in [0, 0.1) is 0 Å². The summed E-state index contributed by atoms with van der Waals surface area (Å²) in [5, 5.41) is 8.87. The zero-order chi connectivity index (χ0) is 27.9. The predicted octanol–water partition coefficient (Wildman–Crippen LogP) is 5.05. The van der Waals surface area contributed by atoms with Crippen molar-refractivity contribution < 1.29 is 24.4 Å². The van der Waals surface area contributed by atoms with Gasteiger partial charge in [-0.3, -0.25) is 4.79 Å². The van der Waals surface area contributed by atoms with E-state index in [2.05, 4.69) is 69.8 Å². The van der Waals surface area contributed by atoms with E-state index in [0.29, 0.717) is 4.91 Å². The van der Waals surface area contributed by atoms with Crippen LogP contribution in [0.25, 0.3) is 5.57 Å². The van der Waals surface area contributed by atoms with E-state index in [-0.39, 0.29) is 16.1 Å². The molecule has 0 saturated carbocycles. The number of thioether (sulfide) groups is 1. The first-order chi connectivity index (χ1) is 19.5. The van der Waals surface area contributed by atoms with Gasteiger partial charge >= 0.3 is 0 Å². The maximum absolute atomic E-state index is 12.6. The molecule has 3 aliphatic heterocycles. The summed E-state index contributed by atoms with van der Waals surface area (Å²) >= 11 is 6.34. The Bertz CT molecular complexity index is 1260. The topological polar surface area (TPSA) is 74.7 Å². The lowest BCUT2D eigenvalue weighted by Crippen LogP contribution is -2.36. The molecule has 5 rings (SSSR count). The van der Waals surface area contributed by atoms with Gasteiger partial charge in [0.05, 0.1) is 31.3 Å². The van der Waals surface area contributed by atoms with Gasteiger partial charge in [-0.05, 0) is 53.6 Å². The van der Waals surface area contributed by atoms with Gasteiger partial charge in [0.25, 0.3) is 5.91 Å². The molecule has 8 nitrogen and oxygen atoms in total. The number of ether oxygens (including phenoxy) is 2. The maximum atomic E-state index is 12.6. The molecule has 0 aliphatic carbocycles. The summed E-state index contributed by atoms with van der Waals surface area (Å²) in [5.74, 6) is -0.613. The Morgan fingerprint density at radius 3 is 1.85 bits per heavy atom. The number of anilines is 2. The van der Waals surface area contributed by atoms with Crippen LogP contribution in [0.15, 0.2) is 90.2 Å². The van der Waals surface area contributed by atoms with Crippen molar-refractivity contribution in [1.29, 1.82) is 0 Å². The standard InChI is InChI=1S/C30H31N3O5S2/c1-22(38-35)33-29(34)28(40-30(33)39)5-3-2-4-27(23-6-10-25(11-7-23)31-14-18-36-19-15-31)24-8-12-26(13-9-24)32-16-20-37-21-17-32/h2-13,35H,1,14-21H2/b3-2+,28-5-. The van der Waals surface area contributed by atoms with E-state index in [4.69, 9.17) is 26.9 Å². The molecule has 0 spiro atoms. The van der Waals surface area contributed by atoms with Gasteiger partial charge in [-0.1, -0.05) is 66.5 Å². The molecule has 208 valence electrons. The van der Waals surface area contributed by atoms with E-state index in [9.17, 15) is 4.79 Å². The third kappa shape index (κ3) is 6.48. The smallest absolute Gasteiger partial charge is 0.273 e. The number of benzene rings is 2. The van der Waals surface area contributed by atoms with E-state index in [1.165, 1.54) is 11.4 Å². The molecular formula is C30H31N3O5S2. The van der Waals surface area contributed by atoms with Crippen LogP contribution in [0.4, 0.5) is 11.4 Å². The highest BCUT2D eigenvalue weighted by molar-refractivity contribution is 8.26. The van der Waals surface area contributed by atoms with Gasteiger partial charge in [0.15, 0.2) is 4.32 Å². The minimum absolute atomic E-state index is 0.224. The average molecular weight is 578 g/mol. The fraction of sp³-hybridized carbons (Fsp3) is 0.267. The van der Waals surface area contributed by atoms with Gasteiger partial charge in [-0.2, -0.15) is 0 Å². The summed E-state index contributed by atoms with van der Waals surface area (Å²) in [7, 11) is 0. The lowest BCUT2D eigenvalue weighted by Gasteiger charge is -2.29. The molecule has 3 heterocycles. The van der Waals surface area contributed by atoms with Crippen molar-refractivity contribution in [1.82, 2.24) is 4.90 Å². The van der Waals surface area contributed by atoms with Gasteiger partial charge in [-0.15, -0.1) is 0 Å². The first-order valence-electron chi connectivity index (χ1n) is 13.1. The normalized spacial score (nSPS) is 19.0. The first-order valence-corrected chi connectivity index (χ1v) is 14.3. The molecule has 3 aliphatic rings. The van der Waals surface area contributed by atoms with Crippen molar-refractivity contribution in [3.63, 3.8) is 0 Å². The molecule has 1 amide bonds. The number of carbonyl (C=O) groups excluding carboxylic acids is 1. The second kappa shape index (κ2) is 13.3. The molecule has 40 heavy (non-hydrogen) atoms. The van der Waals surface area contributed by atoms with Crippen LogP contribution in [-0.2, 0) is 19.2 Å². The van der Waals surface area contributed by atoms with Crippen molar-refractivity contribution in [2.75, 3.05) is 62.4 Å². The van der Waals surface area contributed by atoms with Crippen molar-refractivity contribution in [2.45, 2.75) is 0 Å². The predicted molar refractivity (Wildman–Crippen MR) is 163 cm³/mol. The zero-order valence-electron chi connectivity index (χ0n) is 22.0. The summed E-state index contributed by atoms with van der Waals surface area (Å²) < 4.78 is 11.2. The molecular weight excluding hydrogens is 546 g/mol. The second-order valence-electron chi connectivity index (χ2n) is 9.28. The third-order valence-electron chi connectivity index (χ3n) is 6.88. The molecule has 0 unspecified atom stereocenters. The van der Waals surface area contributed by atoms with Gasteiger partial charge < -0.3 is 24.2 Å². The van der Waals surface area contributed by atoms with Crippen LogP contribution in [0.2, 0.25) is 0 Å². The number of hydrogen-bond donors (Lipinski definition) is 1. The Labute approximate surface area is 243 Å². The molecule has 0 aromatic heterocycles. The minimum atomic E-state index is -0.389. The number of nitrogens with zero attached hydrogens (tertiary/aromatic N) is 3. The highest BCUT2D eigenvalue weighted by Gasteiger charge is 2.34. The van der Waals surface area contributed by atoms with E-state index < -0.39 is 0 Å². The lowest BCUT2D eigenvalue weighted by atomic mass is 9.96. The fourth-order valence-corrected chi connectivity index (χ4v) is 5.98. The molecule has 3 saturated heterocycles. The Kier molecular flexibility index (Phi) is 9.35. The first kappa shape index (κ1) is 28.1. The van der Waals surface area contributed by atoms with Crippen LogP contribution in [-0.4, -0.2) is 73.0 Å². The van der Waals surface area contributed by atoms with Crippen LogP contribution in [0.3, 0.4) is 0 Å². The summed E-state index contributed by atoms with van der Waals surface area (Å²) in [6.07, 6.45) is 7.45. The molecule has 0 atom stereocenters. The Morgan fingerprint density at radius 1 is 0.875 bits per heavy atom. The monoisotopic (exact) mass is 577 g/mol. The SMILES string of the molecule is C=C(OO)N1C(=O)/C(=C/C=C/C=C(c2ccc(N3CCOCC3)cc2)c2ccc(N3CCOCC3)cc2)SC1=S. The van der Waals surface area contributed by atoms with Crippen molar-refractivity contribution in [2.24, 2.45) is 0 Å². The van der Waals surface area contributed by atoms with Crippen molar-refractivity contribution in [3.05, 3.63) is 101 Å². The van der Waals surface area contributed by atoms with E-state index in [1.807, 2.05) is 12.2 Å². The maximum Gasteiger partial charge on any atom is 0.273 e. The quantitative estimate of drug-likeness (QED) is 0.116. The van der Waals surface area contributed by atoms with Gasteiger partial charge in [0.2, 0.25) is 5.88 Å². The summed E-state index contributed by atoms with van der Waals surface area (Å²) in [6.45, 7) is 10.0. The third-order valence-corrected chi connectivity index (χ3v) is 8.20. The number of hydrogen-bond acceptors (Lipinski definition) is 9. The Hall–Kier alpha value is -3.41.